The summed E-state index contributed by atoms with van der Waals surface area (Å²) in [6.07, 6.45) is -33.9. The van der Waals surface area contributed by atoms with Crippen molar-refractivity contribution >= 4 is 11.9 Å². The van der Waals surface area contributed by atoms with Crippen molar-refractivity contribution in [2.75, 3.05) is 47.3 Å². The van der Waals surface area contributed by atoms with Crippen LogP contribution in [-0.4, -0.2) is 298 Å². The number of carbonyl (C=O) groups excluding carboxylic acids is 2. The highest BCUT2D eigenvalue weighted by molar-refractivity contribution is 5.83. The molecule has 1 spiro atoms. The molecular weight excluding hydrogens is 1270 g/mol. The number of aliphatic hydroxyl groups is 12. The second kappa shape index (κ2) is 28.9. The van der Waals surface area contributed by atoms with Crippen molar-refractivity contribution in [1.82, 2.24) is 0 Å². The summed E-state index contributed by atoms with van der Waals surface area (Å²) >= 11 is 0. The normalized spacial score (nSPS) is 51.2. The number of hydrogen-bond donors (Lipinski definition) is 12. The number of ether oxygens (including phenoxy) is 16. The molecule has 11 aliphatic rings. The van der Waals surface area contributed by atoms with E-state index in [1.54, 1.807) is 0 Å². The summed E-state index contributed by atoms with van der Waals surface area (Å²) in [5, 5.41) is 135. The van der Waals surface area contributed by atoms with Gasteiger partial charge in [-0.1, -0.05) is 44.9 Å². The molecule has 30 nitrogen and oxygen atoms in total. The third-order valence-corrected chi connectivity index (χ3v) is 23.8. The van der Waals surface area contributed by atoms with Gasteiger partial charge in [0.05, 0.1) is 50.7 Å². The van der Waals surface area contributed by atoms with Crippen molar-refractivity contribution < 1.29 is 147 Å². The molecule has 0 aromatic carbocycles. The van der Waals surface area contributed by atoms with Gasteiger partial charge in [-0.15, -0.1) is 6.58 Å². The summed E-state index contributed by atoms with van der Waals surface area (Å²) in [6.45, 7) is 17.3. The summed E-state index contributed by atoms with van der Waals surface area (Å²) in [5.74, 6) is -0.621. The van der Waals surface area contributed by atoms with Crippen LogP contribution in [0, 0.1) is 39.4 Å². The number of allylic oxidation sites excluding steroid dienone is 2. The second-order valence-electron chi connectivity index (χ2n) is 30.1. The average molecular weight is 1380 g/mol. The fraction of sp³-hybridized carbons (Fsp3) is 0.909. The quantitative estimate of drug-likeness (QED) is 0.0481. The van der Waals surface area contributed by atoms with E-state index in [0.29, 0.717) is 38.5 Å². The van der Waals surface area contributed by atoms with Crippen molar-refractivity contribution in [3.8, 4) is 0 Å². The maximum absolute atomic E-state index is 14.8. The van der Waals surface area contributed by atoms with Gasteiger partial charge in [0.15, 0.2) is 37.7 Å². The summed E-state index contributed by atoms with van der Waals surface area (Å²) in [4.78, 5) is 27.1. The molecule has 3 saturated carbocycles. The second-order valence-corrected chi connectivity index (χ2v) is 30.1. The third kappa shape index (κ3) is 13.2. The molecule has 35 atom stereocenters. The first-order chi connectivity index (χ1) is 45.3. The summed E-state index contributed by atoms with van der Waals surface area (Å²) < 4.78 is 95.8. The van der Waals surface area contributed by atoms with E-state index in [1.165, 1.54) is 33.6 Å². The minimum absolute atomic E-state index is 0.00154. The standard InChI is InChI=1S/C66H104O30/c1-27(2)20-30(88-29(4)68)21-65(9)39-15-18-64(8)32-12-13-38-62(5,6)40(16-17-63(38,7)31(32)14-19-66(39,64)61(80)96-65)91-60-54(42(73)37(26-86-60)90-59-48(79)53(41(72)36(22-67)89-59)94-56-46(77)51(82-11)34(70)24-84-56)95-58-44(75)43(74)49(28(3)87-58)92-57-47(78)52(35(71)25-85-57)93-55-45(76)50(81-10)33(69)23-83-55/h12,28,30-31,33-60,67,69-79H,1,13-26H2,2-11H3/t28?,30?,31-,33-,34-,35-,36?,37-,38?,39?,40?,41-,42?,43?,44?,45?,46?,47?,48?,49-,50?,51?,52?,53?,54?,55+,56+,57+,58+,59+,60+,63?,64?,65?,66?/m1/s1. The number of hydrogen-bond acceptors (Lipinski definition) is 30. The van der Waals surface area contributed by atoms with Crippen molar-refractivity contribution in [2.45, 2.75) is 291 Å². The Balaban J connectivity index is 0.823. The molecule has 30 heteroatoms. The zero-order valence-corrected chi connectivity index (χ0v) is 56.3. The molecule has 0 amide bonds. The Bertz CT molecular complexity index is 2730. The fourth-order valence-electron chi connectivity index (χ4n) is 18.9. The molecule has 0 bridgehead atoms. The van der Waals surface area contributed by atoms with E-state index in [4.69, 9.17) is 75.8 Å². The molecule has 7 heterocycles. The molecule has 10 fully saturated rings. The molecule has 11 rings (SSSR count). The van der Waals surface area contributed by atoms with Gasteiger partial charge in [0.2, 0.25) is 0 Å². The zero-order valence-electron chi connectivity index (χ0n) is 56.3. The van der Waals surface area contributed by atoms with Crippen LogP contribution in [0.15, 0.2) is 23.8 Å². The fourth-order valence-corrected chi connectivity index (χ4v) is 18.9. The lowest BCUT2D eigenvalue weighted by Gasteiger charge is -2.64. The lowest BCUT2D eigenvalue weighted by Crippen LogP contribution is -2.66. The van der Waals surface area contributed by atoms with Crippen LogP contribution in [0.2, 0.25) is 0 Å². The van der Waals surface area contributed by atoms with Gasteiger partial charge in [-0.25, -0.2) is 0 Å². The van der Waals surface area contributed by atoms with Crippen LogP contribution in [0.25, 0.3) is 0 Å². The largest absolute Gasteiger partial charge is 0.462 e. The van der Waals surface area contributed by atoms with Crippen molar-refractivity contribution in [2.24, 2.45) is 39.4 Å². The van der Waals surface area contributed by atoms with E-state index in [9.17, 15) is 70.9 Å². The number of carbonyl (C=O) groups is 2. The lowest BCUT2D eigenvalue weighted by atomic mass is 9.41. The van der Waals surface area contributed by atoms with E-state index < -0.39 is 220 Å². The first kappa shape index (κ1) is 74.6. The maximum Gasteiger partial charge on any atom is 0.313 e. The van der Waals surface area contributed by atoms with Crippen LogP contribution in [0.5, 0.6) is 0 Å². The molecule has 548 valence electrons. The predicted octanol–water partition coefficient (Wildman–Crippen LogP) is -1.63. The Labute approximate surface area is 558 Å². The van der Waals surface area contributed by atoms with Gasteiger partial charge < -0.3 is 137 Å². The van der Waals surface area contributed by atoms with E-state index >= 15 is 0 Å². The smallest absolute Gasteiger partial charge is 0.313 e. The predicted molar refractivity (Wildman–Crippen MR) is 323 cm³/mol. The first-order valence-electron chi connectivity index (χ1n) is 33.9. The maximum atomic E-state index is 14.8. The summed E-state index contributed by atoms with van der Waals surface area (Å²) in [7, 11) is 2.52. The molecule has 0 aromatic heterocycles. The molecule has 96 heavy (non-hydrogen) atoms. The Morgan fingerprint density at radius 1 is 0.594 bits per heavy atom. The summed E-state index contributed by atoms with van der Waals surface area (Å²) in [6, 6.07) is 0. The van der Waals surface area contributed by atoms with Gasteiger partial charge in [-0.05, 0) is 88.4 Å². The van der Waals surface area contributed by atoms with E-state index in [2.05, 4.69) is 40.3 Å². The zero-order chi connectivity index (χ0) is 69.6. The molecule has 0 aromatic rings. The number of rotatable bonds is 20. The Morgan fingerprint density at radius 2 is 1.15 bits per heavy atom. The SMILES string of the molecule is C=C(C)CC(CC1(C)OC(=O)C23CC[C@@H]4C(=CCC5C(C)(C)C(O[C@@H]6OC[C@@H](O[C@@H]7OC(CO)[C@@H](O)C(O[C@@H]8OC[C@@H](O)C(OC)C8O)C7O)C(O)C6O[C@@H]6OC(C)[C@@H](O[C@@H]7OC[C@@H](O)C(O[C@@H]8OC[C@@H](O)C(OC)C8O)C7O)C(O)C6O)CCC54C)C2(C)CCC13)OC(C)=O. The molecule has 22 unspecified atom stereocenters. The van der Waals surface area contributed by atoms with E-state index in [1.807, 2.05) is 13.8 Å². The van der Waals surface area contributed by atoms with Gasteiger partial charge in [0, 0.05) is 45.3 Å². The van der Waals surface area contributed by atoms with Gasteiger partial charge in [0.25, 0.3) is 0 Å². The number of fused-ring (bicyclic) bond motifs is 4. The molecule has 7 saturated heterocycles. The van der Waals surface area contributed by atoms with Crippen LogP contribution in [0.3, 0.4) is 0 Å². The number of aliphatic hydroxyl groups excluding tert-OH is 12. The molecular formula is C66H104O30. The number of methoxy groups -OCH3 is 2. The third-order valence-electron chi connectivity index (χ3n) is 23.8. The van der Waals surface area contributed by atoms with Gasteiger partial charge in [-0.2, -0.15) is 0 Å². The molecule has 4 aliphatic carbocycles. The lowest BCUT2D eigenvalue weighted by molar-refractivity contribution is -0.393. The van der Waals surface area contributed by atoms with Crippen LogP contribution in [0.1, 0.15) is 113 Å². The van der Waals surface area contributed by atoms with Gasteiger partial charge in [0.1, 0.15) is 128 Å². The highest BCUT2D eigenvalue weighted by Crippen LogP contribution is 2.76. The van der Waals surface area contributed by atoms with Crippen LogP contribution in [-0.2, 0) is 85.4 Å². The van der Waals surface area contributed by atoms with Gasteiger partial charge >= 0.3 is 11.9 Å². The van der Waals surface area contributed by atoms with Gasteiger partial charge in [-0.3, -0.25) is 9.59 Å². The Kier molecular flexibility index (Phi) is 22.4. The monoisotopic (exact) mass is 1380 g/mol. The number of esters is 2. The van der Waals surface area contributed by atoms with E-state index in [-0.39, 0.29) is 42.4 Å². The van der Waals surface area contributed by atoms with Crippen LogP contribution in [0.4, 0.5) is 0 Å². The van der Waals surface area contributed by atoms with Crippen molar-refractivity contribution in [1.29, 1.82) is 0 Å². The summed E-state index contributed by atoms with van der Waals surface area (Å²) in [5.41, 5.74) is -0.939. The molecule has 12 N–H and O–H groups in total. The topological polar surface area (TPSA) is 425 Å². The minimum Gasteiger partial charge on any atom is -0.462 e. The molecule has 7 aliphatic heterocycles. The first-order valence-corrected chi connectivity index (χ1v) is 33.9. The van der Waals surface area contributed by atoms with E-state index in [0.717, 1.165) is 24.8 Å². The average Bonchev–Trinajstić information content (AvgIpc) is 1.47. The van der Waals surface area contributed by atoms with Crippen molar-refractivity contribution in [3.05, 3.63) is 23.8 Å². The Morgan fingerprint density at radius 3 is 1.74 bits per heavy atom. The number of cyclic esters (lactones) is 1. The highest BCUT2D eigenvalue weighted by Gasteiger charge is 2.76. The van der Waals surface area contributed by atoms with Crippen molar-refractivity contribution in [3.63, 3.8) is 0 Å². The Hall–Kier alpha value is -2.62. The van der Waals surface area contributed by atoms with Crippen LogP contribution >= 0.6 is 0 Å². The highest BCUT2D eigenvalue weighted by atomic mass is 16.8. The molecule has 0 radical (unpaired) electrons. The minimum atomic E-state index is -1.98. The van der Waals surface area contributed by atoms with Crippen LogP contribution < -0.4 is 0 Å².